The molecule has 0 fully saturated rings. The van der Waals surface area contributed by atoms with E-state index in [2.05, 4.69) is 5.32 Å². The number of benzene rings is 3. The van der Waals surface area contributed by atoms with Crippen LogP contribution >= 0.6 is 11.6 Å². The van der Waals surface area contributed by atoms with Gasteiger partial charge in [0.15, 0.2) is 6.79 Å². The highest BCUT2D eigenvalue weighted by Gasteiger charge is 2.36. The Kier molecular flexibility index (Phi) is 4.19. The van der Waals surface area contributed by atoms with E-state index in [4.69, 9.17) is 21.1 Å². The summed E-state index contributed by atoms with van der Waals surface area (Å²) in [5.74, 6) is 0.632. The van der Waals surface area contributed by atoms with Gasteiger partial charge < -0.3 is 14.8 Å². The van der Waals surface area contributed by atoms with Crippen LogP contribution in [0.15, 0.2) is 66.7 Å². The number of anilines is 2. The van der Waals surface area contributed by atoms with Crippen molar-refractivity contribution in [3.05, 3.63) is 88.4 Å². The first-order valence-electron chi connectivity index (χ1n) is 8.99. The Hall–Kier alpha value is -3.02. The van der Waals surface area contributed by atoms with Crippen LogP contribution in [0.2, 0.25) is 5.02 Å². The molecule has 2 aliphatic rings. The molecule has 2 aliphatic heterocycles. The van der Waals surface area contributed by atoms with Crippen molar-refractivity contribution in [3.63, 3.8) is 0 Å². The van der Waals surface area contributed by atoms with Gasteiger partial charge in [0.2, 0.25) is 0 Å². The lowest BCUT2D eigenvalue weighted by molar-refractivity contribution is -0.0172. The largest absolute Gasteiger partial charge is 0.467 e. The lowest BCUT2D eigenvalue weighted by Gasteiger charge is -2.39. The molecule has 5 rings (SSSR count). The van der Waals surface area contributed by atoms with Gasteiger partial charge in [0.05, 0.1) is 12.2 Å². The zero-order chi connectivity index (χ0) is 19.1. The van der Waals surface area contributed by atoms with Gasteiger partial charge in [-0.15, -0.1) is 0 Å². The third-order valence-corrected chi connectivity index (χ3v) is 5.18. The number of hydrogen-bond acceptors (Lipinski definition) is 4. The molecule has 0 saturated heterocycles. The van der Waals surface area contributed by atoms with Gasteiger partial charge in [0.1, 0.15) is 11.9 Å². The minimum Gasteiger partial charge on any atom is -0.467 e. The second-order valence-electron chi connectivity index (χ2n) is 6.70. The molecule has 2 heterocycles. The number of hydrogen-bond donors (Lipinski definition) is 1. The van der Waals surface area contributed by atoms with Crippen molar-refractivity contribution in [1.29, 1.82) is 0 Å². The molecule has 28 heavy (non-hydrogen) atoms. The molecule has 1 amide bonds. The molecule has 0 radical (unpaired) electrons. The Labute approximate surface area is 167 Å². The molecular weight excluding hydrogens is 376 g/mol. The highest BCUT2D eigenvalue weighted by Crippen LogP contribution is 2.42. The van der Waals surface area contributed by atoms with E-state index < -0.39 is 6.17 Å². The first-order valence-corrected chi connectivity index (χ1v) is 9.37. The first-order chi connectivity index (χ1) is 13.7. The van der Waals surface area contributed by atoms with Crippen molar-refractivity contribution in [2.24, 2.45) is 0 Å². The maximum atomic E-state index is 13.4. The second kappa shape index (κ2) is 6.86. The molecule has 1 N–H and O–H groups in total. The topological polar surface area (TPSA) is 50.8 Å². The Morgan fingerprint density at radius 1 is 1.04 bits per heavy atom. The zero-order valence-electron chi connectivity index (χ0n) is 14.9. The third kappa shape index (κ3) is 2.80. The van der Waals surface area contributed by atoms with E-state index in [1.165, 1.54) is 0 Å². The minimum atomic E-state index is -0.463. The van der Waals surface area contributed by atoms with Gasteiger partial charge in [-0.25, -0.2) is 0 Å². The van der Waals surface area contributed by atoms with E-state index in [0.29, 0.717) is 22.9 Å². The van der Waals surface area contributed by atoms with E-state index in [-0.39, 0.29) is 12.7 Å². The minimum absolute atomic E-state index is 0.0775. The van der Waals surface area contributed by atoms with Crippen molar-refractivity contribution in [3.8, 4) is 5.75 Å². The van der Waals surface area contributed by atoms with E-state index in [1.54, 1.807) is 4.90 Å². The van der Waals surface area contributed by atoms with Crippen LogP contribution in [0.5, 0.6) is 5.75 Å². The van der Waals surface area contributed by atoms with Crippen LogP contribution in [0.4, 0.5) is 11.4 Å². The fourth-order valence-corrected chi connectivity index (χ4v) is 3.99. The van der Waals surface area contributed by atoms with E-state index in [9.17, 15) is 4.79 Å². The van der Waals surface area contributed by atoms with Crippen molar-refractivity contribution >= 4 is 28.9 Å². The average molecular weight is 393 g/mol. The summed E-state index contributed by atoms with van der Waals surface area (Å²) in [6, 6.07) is 20.8. The Balaban J connectivity index is 1.71. The fraction of sp³-hybridized carbons (Fsp3) is 0.136. The number of amides is 1. The molecule has 5 nitrogen and oxygen atoms in total. The predicted molar refractivity (Wildman–Crippen MR) is 108 cm³/mol. The predicted octanol–water partition coefficient (Wildman–Crippen LogP) is 4.98. The van der Waals surface area contributed by atoms with E-state index in [1.807, 2.05) is 66.7 Å². The van der Waals surface area contributed by atoms with Crippen LogP contribution in [-0.4, -0.2) is 12.7 Å². The number of rotatable bonds is 2. The standard InChI is InChI=1S/C22H17ClN2O3/c23-15-10-14-12-27-13-28-20(14)18(11-15)21-24-19-9-5-4-8-17(19)22(26)25(21)16-6-2-1-3-7-16/h1-11,21,24H,12-13H2/t21-/m1/s1. The summed E-state index contributed by atoms with van der Waals surface area (Å²) in [6.07, 6.45) is -0.463. The molecule has 6 heteroatoms. The molecule has 140 valence electrons. The average Bonchev–Trinajstić information content (AvgIpc) is 2.73. The van der Waals surface area contributed by atoms with Gasteiger partial charge >= 0.3 is 0 Å². The number of carbonyl (C=O) groups excluding carboxylic acids is 1. The molecule has 0 aliphatic carbocycles. The zero-order valence-corrected chi connectivity index (χ0v) is 15.6. The number of ether oxygens (including phenoxy) is 2. The summed E-state index contributed by atoms with van der Waals surface area (Å²) in [7, 11) is 0. The quantitative estimate of drug-likeness (QED) is 0.668. The lowest BCUT2D eigenvalue weighted by Crippen LogP contribution is -2.43. The van der Waals surface area contributed by atoms with Gasteiger partial charge in [-0.2, -0.15) is 0 Å². The van der Waals surface area contributed by atoms with Gasteiger partial charge in [0.25, 0.3) is 5.91 Å². The smallest absolute Gasteiger partial charge is 0.262 e. The monoisotopic (exact) mass is 392 g/mol. The third-order valence-electron chi connectivity index (χ3n) is 4.96. The number of carbonyl (C=O) groups is 1. The molecule has 3 aromatic rings. The molecule has 1 atom stereocenters. The highest BCUT2D eigenvalue weighted by atomic mass is 35.5. The van der Waals surface area contributed by atoms with E-state index in [0.717, 1.165) is 22.5 Å². The Bertz CT molecular complexity index is 1050. The first kappa shape index (κ1) is 17.1. The molecule has 0 unspecified atom stereocenters. The van der Waals surface area contributed by atoms with Crippen LogP contribution in [0.3, 0.4) is 0 Å². The molecule has 0 aromatic heterocycles. The fourth-order valence-electron chi connectivity index (χ4n) is 3.74. The molecule has 0 saturated carbocycles. The van der Waals surface area contributed by atoms with Gasteiger partial charge in [-0.3, -0.25) is 9.69 Å². The molecule has 0 spiro atoms. The molecule has 3 aromatic carbocycles. The van der Waals surface area contributed by atoms with Crippen molar-refractivity contribution in [1.82, 2.24) is 0 Å². The number of para-hydroxylation sites is 2. The van der Waals surface area contributed by atoms with Gasteiger partial charge in [-0.05, 0) is 36.4 Å². The molecule has 0 bridgehead atoms. The lowest BCUT2D eigenvalue weighted by atomic mass is 9.99. The Morgan fingerprint density at radius 2 is 1.82 bits per heavy atom. The van der Waals surface area contributed by atoms with Crippen molar-refractivity contribution in [2.45, 2.75) is 12.8 Å². The van der Waals surface area contributed by atoms with Crippen LogP contribution in [0.1, 0.15) is 27.7 Å². The summed E-state index contributed by atoms with van der Waals surface area (Å²) in [6.45, 7) is 0.593. The highest BCUT2D eigenvalue weighted by molar-refractivity contribution is 6.30. The number of nitrogens with zero attached hydrogens (tertiary/aromatic N) is 1. The maximum Gasteiger partial charge on any atom is 0.262 e. The van der Waals surface area contributed by atoms with E-state index >= 15 is 0 Å². The SMILES string of the molecule is O=C1c2ccccc2N[C@@H](c2cc(Cl)cc3c2OCOC3)N1c1ccccc1. The Morgan fingerprint density at radius 3 is 2.68 bits per heavy atom. The normalized spacial score (nSPS) is 18.0. The number of nitrogens with one attached hydrogen (secondary N) is 1. The van der Waals surface area contributed by atoms with Crippen LogP contribution in [0.25, 0.3) is 0 Å². The van der Waals surface area contributed by atoms with Crippen LogP contribution < -0.4 is 15.0 Å². The summed E-state index contributed by atoms with van der Waals surface area (Å²) in [5, 5.41) is 4.07. The van der Waals surface area contributed by atoms with Crippen molar-refractivity contribution in [2.75, 3.05) is 17.0 Å². The van der Waals surface area contributed by atoms with Crippen LogP contribution in [-0.2, 0) is 11.3 Å². The second-order valence-corrected chi connectivity index (χ2v) is 7.13. The van der Waals surface area contributed by atoms with Gasteiger partial charge in [-0.1, -0.05) is 41.9 Å². The molecular formula is C22H17ClN2O3. The summed E-state index contributed by atoms with van der Waals surface area (Å²) in [4.78, 5) is 15.2. The number of halogens is 1. The van der Waals surface area contributed by atoms with Gasteiger partial charge in [0, 0.05) is 27.5 Å². The summed E-state index contributed by atoms with van der Waals surface area (Å²) in [5.41, 5.74) is 3.88. The summed E-state index contributed by atoms with van der Waals surface area (Å²) >= 11 is 6.39. The summed E-state index contributed by atoms with van der Waals surface area (Å²) < 4.78 is 11.2. The maximum absolute atomic E-state index is 13.4. The number of fused-ring (bicyclic) bond motifs is 2. The van der Waals surface area contributed by atoms with Crippen LogP contribution in [0, 0.1) is 0 Å². The van der Waals surface area contributed by atoms with Crippen molar-refractivity contribution < 1.29 is 14.3 Å².